The van der Waals surface area contributed by atoms with Crippen molar-refractivity contribution in [1.82, 2.24) is 4.90 Å². The molecule has 2 amide bonds. The highest BCUT2D eigenvalue weighted by molar-refractivity contribution is 6.00. The lowest BCUT2D eigenvalue weighted by molar-refractivity contribution is -0.139. The summed E-state index contributed by atoms with van der Waals surface area (Å²) in [4.78, 5) is 36.2. The summed E-state index contributed by atoms with van der Waals surface area (Å²) >= 11 is 0. The van der Waals surface area contributed by atoms with E-state index in [1.807, 2.05) is 0 Å². The van der Waals surface area contributed by atoms with Crippen LogP contribution in [0.15, 0.2) is 24.3 Å². The zero-order valence-corrected chi connectivity index (χ0v) is 11.8. The Bertz CT molecular complexity index is 634. The molecule has 0 aromatic heterocycles. The molecule has 0 atom stereocenters. The summed E-state index contributed by atoms with van der Waals surface area (Å²) in [6.45, 7) is 0.116. The molecule has 4 rings (SSSR count). The van der Waals surface area contributed by atoms with Crippen molar-refractivity contribution < 1.29 is 24.2 Å². The van der Waals surface area contributed by atoms with Gasteiger partial charge in [0.15, 0.2) is 6.61 Å². The van der Waals surface area contributed by atoms with Crippen molar-refractivity contribution in [3.63, 3.8) is 0 Å². The molecule has 116 valence electrons. The van der Waals surface area contributed by atoms with E-state index in [1.54, 1.807) is 17.0 Å². The van der Waals surface area contributed by atoms with Gasteiger partial charge in [0.25, 0.3) is 5.91 Å². The molecule has 1 saturated carbocycles. The van der Waals surface area contributed by atoms with Gasteiger partial charge in [-0.25, -0.2) is 4.79 Å². The average molecular weight is 304 g/mol. The van der Waals surface area contributed by atoms with E-state index < -0.39 is 24.0 Å². The SMILES string of the molecule is NC(=O)C12CC(CN1C(=O)c1ccc(OCC(=O)O)cc1)C2. The number of carboxylic acid groups (broad SMARTS) is 1. The van der Waals surface area contributed by atoms with Crippen molar-refractivity contribution in [2.45, 2.75) is 18.4 Å². The van der Waals surface area contributed by atoms with E-state index in [1.165, 1.54) is 12.1 Å². The third-order valence-corrected chi connectivity index (χ3v) is 4.38. The maximum absolute atomic E-state index is 12.6. The van der Waals surface area contributed by atoms with Gasteiger partial charge in [-0.1, -0.05) is 0 Å². The summed E-state index contributed by atoms with van der Waals surface area (Å²) < 4.78 is 5.02. The Hall–Kier alpha value is -2.57. The number of aliphatic carboxylic acids is 1. The van der Waals surface area contributed by atoms with Gasteiger partial charge in [0.2, 0.25) is 5.91 Å². The third kappa shape index (κ3) is 2.18. The number of carboxylic acids is 1. The van der Waals surface area contributed by atoms with Gasteiger partial charge in [0, 0.05) is 12.1 Å². The van der Waals surface area contributed by atoms with Gasteiger partial charge in [-0.2, -0.15) is 0 Å². The number of nitrogens with two attached hydrogens (primary N) is 1. The Morgan fingerprint density at radius 2 is 1.91 bits per heavy atom. The minimum absolute atomic E-state index is 0.233. The molecule has 7 heteroatoms. The van der Waals surface area contributed by atoms with Crippen LogP contribution >= 0.6 is 0 Å². The standard InChI is InChI=1S/C15H16N2O5/c16-14(21)15-5-9(6-15)7-17(15)13(20)10-1-3-11(4-2-10)22-8-12(18)19/h1-4,9H,5-8H2,(H2,16,21)(H,18,19). The van der Waals surface area contributed by atoms with E-state index in [0.717, 1.165) is 0 Å². The van der Waals surface area contributed by atoms with Gasteiger partial charge in [-0.3, -0.25) is 9.59 Å². The molecule has 2 aliphatic heterocycles. The molecule has 1 aromatic carbocycles. The first-order valence-electron chi connectivity index (χ1n) is 6.99. The fourth-order valence-electron chi connectivity index (χ4n) is 3.28. The lowest BCUT2D eigenvalue weighted by Gasteiger charge is -2.38. The predicted molar refractivity (Wildman–Crippen MR) is 75.3 cm³/mol. The quantitative estimate of drug-likeness (QED) is 0.809. The summed E-state index contributed by atoms with van der Waals surface area (Å²) in [7, 11) is 0. The first kappa shape index (κ1) is 14.4. The molecule has 1 aliphatic carbocycles. The minimum Gasteiger partial charge on any atom is -0.482 e. The molecular formula is C15H16N2O5. The smallest absolute Gasteiger partial charge is 0.341 e. The Morgan fingerprint density at radius 1 is 1.27 bits per heavy atom. The van der Waals surface area contributed by atoms with E-state index in [0.29, 0.717) is 36.6 Å². The van der Waals surface area contributed by atoms with Gasteiger partial charge in [-0.05, 0) is 43.0 Å². The summed E-state index contributed by atoms with van der Waals surface area (Å²) in [6, 6.07) is 6.19. The van der Waals surface area contributed by atoms with Crippen molar-refractivity contribution in [1.29, 1.82) is 0 Å². The topological polar surface area (TPSA) is 110 Å². The van der Waals surface area contributed by atoms with Crippen LogP contribution in [0.3, 0.4) is 0 Å². The van der Waals surface area contributed by atoms with Gasteiger partial charge < -0.3 is 20.5 Å². The first-order chi connectivity index (χ1) is 10.4. The maximum Gasteiger partial charge on any atom is 0.341 e. The van der Waals surface area contributed by atoms with Crippen LogP contribution in [0.4, 0.5) is 0 Å². The van der Waals surface area contributed by atoms with E-state index in [9.17, 15) is 14.4 Å². The third-order valence-electron chi connectivity index (χ3n) is 4.38. The molecule has 0 radical (unpaired) electrons. The average Bonchev–Trinajstić information content (AvgIpc) is 3.01. The second-order valence-electron chi connectivity index (χ2n) is 5.79. The Kier molecular flexibility index (Phi) is 3.27. The summed E-state index contributed by atoms with van der Waals surface area (Å²) in [5.74, 6) is -1.02. The number of ether oxygens (including phenoxy) is 1. The van der Waals surface area contributed by atoms with Gasteiger partial charge >= 0.3 is 5.97 Å². The summed E-state index contributed by atoms with van der Waals surface area (Å²) in [6.07, 6.45) is 1.29. The molecule has 22 heavy (non-hydrogen) atoms. The maximum atomic E-state index is 12.6. The molecular weight excluding hydrogens is 288 g/mol. The van der Waals surface area contributed by atoms with E-state index in [2.05, 4.69) is 0 Å². The van der Waals surface area contributed by atoms with Crippen LogP contribution in [0.5, 0.6) is 5.75 Å². The Morgan fingerprint density at radius 3 is 2.45 bits per heavy atom. The number of carbonyl (C=O) groups is 3. The van der Waals surface area contributed by atoms with Crippen molar-refractivity contribution in [2.75, 3.05) is 13.2 Å². The van der Waals surface area contributed by atoms with Crippen LogP contribution in [-0.4, -0.2) is 46.5 Å². The number of fused-ring (bicyclic) bond motifs is 1. The monoisotopic (exact) mass is 304 g/mol. The lowest BCUT2D eigenvalue weighted by Crippen LogP contribution is -2.57. The number of benzene rings is 1. The first-order valence-corrected chi connectivity index (χ1v) is 6.99. The number of nitrogens with zero attached hydrogens (tertiary/aromatic N) is 1. The zero-order valence-electron chi connectivity index (χ0n) is 11.8. The second-order valence-corrected chi connectivity index (χ2v) is 5.79. The van der Waals surface area contributed by atoms with Crippen LogP contribution in [0.2, 0.25) is 0 Å². The van der Waals surface area contributed by atoms with E-state index in [-0.39, 0.29) is 5.91 Å². The highest BCUT2D eigenvalue weighted by Crippen LogP contribution is 2.50. The number of primary amides is 1. The molecule has 7 nitrogen and oxygen atoms in total. The molecule has 0 spiro atoms. The van der Waals surface area contributed by atoms with Crippen LogP contribution in [0, 0.1) is 5.92 Å². The van der Waals surface area contributed by atoms with E-state index in [4.69, 9.17) is 15.6 Å². The van der Waals surface area contributed by atoms with Crippen molar-refractivity contribution >= 4 is 17.8 Å². The molecule has 2 bridgehead atoms. The van der Waals surface area contributed by atoms with Crippen LogP contribution in [0.1, 0.15) is 23.2 Å². The number of amides is 2. The molecule has 3 aliphatic rings. The number of hydrogen-bond donors (Lipinski definition) is 2. The molecule has 2 heterocycles. The summed E-state index contributed by atoms with van der Waals surface area (Å²) in [5, 5.41) is 8.55. The minimum atomic E-state index is -1.07. The number of carbonyl (C=O) groups excluding carboxylic acids is 2. The van der Waals surface area contributed by atoms with Crippen molar-refractivity contribution in [3.05, 3.63) is 29.8 Å². The highest BCUT2D eigenvalue weighted by Gasteiger charge is 2.61. The largest absolute Gasteiger partial charge is 0.482 e. The fourth-order valence-corrected chi connectivity index (χ4v) is 3.28. The number of hydrogen-bond acceptors (Lipinski definition) is 4. The summed E-state index contributed by atoms with van der Waals surface area (Å²) in [5.41, 5.74) is 5.07. The molecule has 1 aromatic rings. The van der Waals surface area contributed by atoms with Crippen molar-refractivity contribution in [2.24, 2.45) is 11.7 Å². The zero-order chi connectivity index (χ0) is 15.9. The van der Waals surface area contributed by atoms with E-state index >= 15 is 0 Å². The molecule has 3 N–H and O–H groups in total. The highest BCUT2D eigenvalue weighted by atomic mass is 16.5. The lowest BCUT2D eigenvalue weighted by atomic mass is 9.73. The Balaban J connectivity index is 1.73. The molecule has 2 saturated heterocycles. The van der Waals surface area contributed by atoms with Crippen LogP contribution < -0.4 is 10.5 Å². The second kappa shape index (κ2) is 5.01. The molecule has 3 fully saturated rings. The fraction of sp³-hybridized carbons (Fsp3) is 0.400. The van der Waals surface area contributed by atoms with Crippen molar-refractivity contribution in [3.8, 4) is 5.75 Å². The normalized spacial score (nSPS) is 25.5. The predicted octanol–water partition coefficient (Wildman–Crippen LogP) is 0.240. The van der Waals surface area contributed by atoms with Gasteiger partial charge in [0.05, 0.1) is 0 Å². The Labute approximate surface area is 126 Å². The van der Waals surface area contributed by atoms with Gasteiger partial charge in [-0.15, -0.1) is 0 Å². The molecule has 0 unspecified atom stereocenters. The number of rotatable bonds is 5. The van der Waals surface area contributed by atoms with Crippen LogP contribution in [-0.2, 0) is 9.59 Å². The van der Waals surface area contributed by atoms with Crippen LogP contribution in [0.25, 0.3) is 0 Å². The van der Waals surface area contributed by atoms with Gasteiger partial charge in [0.1, 0.15) is 11.3 Å².